The second-order valence-electron chi connectivity index (χ2n) is 9.68. The molecule has 3 fully saturated rings. The second kappa shape index (κ2) is 8.73. The van der Waals surface area contributed by atoms with Crippen molar-refractivity contribution in [2.24, 2.45) is 0 Å². The van der Waals surface area contributed by atoms with Gasteiger partial charge in [-0.15, -0.1) is 0 Å². The molecule has 1 saturated heterocycles. The molecule has 2 heterocycles. The van der Waals surface area contributed by atoms with Gasteiger partial charge in [0.2, 0.25) is 5.95 Å². The third kappa shape index (κ3) is 3.83. The Morgan fingerprint density at radius 1 is 1.44 bits per heavy atom. The van der Waals surface area contributed by atoms with E-state index in [1.165, 1.54) is 6.20 Å². The summed E-state index contributed by atoms with van der Waals surface area (Å²) in [6.07, 6.45) is -3.98. The summed E-state index contributed by atoms with van der Waals surface area (Å²) in [5.74, 6) is -0.275. The highest BCUT2D eigenvalue weighted by atomic mass is 31.2. The van der Waals surface area contributed by atoms with Crippen LogP contribution in [0.3, 0.4) is 0 Å². The van der Waals surface area contributed by atoms with Crippen LogP contribution in [-0.2, 0) is 13.8 Å². The van der Waals surface area contributed by atoms with Crippen LogP contribution in [0.4, 0.5) is 14.7 Å². The van der Waals surface area contributed by atoms with E-state index in [4.69, 9.17) is 24.8 Å². The van der Waals surface area contributed by atoms with Crippen molar-refractivity contribution in [1.29, 1.82) is 5.26 Å². The van der Waals surface area contributed by atoms with Gasteiger partial charge in [0.25, 0.3) is 14.1 Å². The normalized spacial score (nSPS) is 37.1. The van der Waals surface area contributed by atoms with Crippen LogP contribution in [0.1, 0.15) is 53.2 Å². The van der Waals surface area contributed by atoms with E-state index >= 15 is 8.78 Å². The molecule has 0 spiro atoms. The lowest BCUT2D eigenvalue weighted by Crippen LogP contribution is -2.50. The Labute approximate surface area is 197 Å². The standard InChI is InChI=1S/C21H30F2N5O5P/c1-12(2)28(13(3)4)34(31-9-5-7-24)33-20-10-19(23)11-21(19,30)17(20)32-16(15(20)22)27-8-6-14(29)26-18(27)25/h6,8,12-13,15-17,30H,5,9-11H2,1-4H3,(H2,25,26,29)/t15-,16-,17+,19+,20+,21+,34?/m1/s1. The van der Waals surface area contributed by atoms with E-state index in [0.717, 1.165) is 10.6 Å². The fraction of sp³-hybridized carbons (Fsp3) is 0.762. The maximum Gasteiger partial charge on any atom is 0.274 e. The monoisotopic (exact) mass is 501 g/mol. The fourth-order valence-electron chi connectivity index (χ4n) is 5.19. The number of fused-ring (bicyclic) bond motifs is 3. The predicted molar refractivity (Wildman–Crippen MR) is 119 cm³/mol. The number of hydrogen-bond donors (Lipinski definition) is 2. The Hall–Kier alpha value is -1.74. The molecule has 0 bridgehead atoms. The van der Waals surface area contributed by atoms with Crippen molar-refractivity contribution < 1.29 is 27.7 Å². The Balaban J connectivity index is 1.72. The summed E-state index contributed by atoms with van der Waals surface area (Å²) in [6.45, 7) is 7.73. The van der Waals surface area contributed by atoms with Crippen LogP contribution in [0.5, 0.6) is 0 Å². The first kappa shape index (κ1) is 25.4. The number of alkyl halides is 2. The molecule has 2 aliphatic carbocycles. The number of nitriles is 1. The minimum Gasteiger partial charge on any atom is -0.384 e. The molecule has 7 atom stereocenters. The minimum absolute atomic E-state index is 0.0434. The molecule has 3 aliphatic rings. The highest BCUT2D eigenvalue weighted by Crippen LogP contribution is 2.73. The van der Waals surface area contributed by atoms with E-state index in [1.807, 2.05) is 38.4 Å². The number of nitrogens with zero attached hydrogens (tertiary/aromatic N) is 4. The van der Waals surface area contributed by atoms with Crippen LogP contribution < -0.4 is 11.3 Å². The smallest absolute Gasteiger partial charge is 0.274 e. The zero-order chi connectivity index (χ0) is 25.1. The summed E-state index contributed by atoms with van der Waals surface area (Å²) in [7, 11) is -1.96. The van der Waals surface area contributed by atoms with Gasteiger partial charge in [0.05, 0.1) is 19.1 Å². The summed E-state index contributed by atoms with van der Waals surface area (Å²) in [4.78, 5) is 15.1. The molecular weight excluding hydrogens is 471 g/mol. The van der Waals surface area contributed by atoms with Crippen LogP contribution in [-0.4, -0.2) is 67.2 Å². The van der Waals surface area contributed by atoms with Crippen LogP contribution >= 0.6 is 8.53 Å². The molecule has 0 amide bonds. The van der Waals surface area contributed by atoms with Crippen LogP contribution in [0.15, 0.2) is 17.1 Å². The molecule has 4 rings (SSSR count). The predicted octanol–water partition coefficient (Wildman–Crippen LogP) is 2.34. The fourth-order valence-corrected chi connectivity index (χ4v) is 7.02. The molecule has 3 N–H and O–H groups in total. The molecule has 10 nitrogen and oxygen atoms in total. The zero-order valence-corrected chi connectivity index (χ0v) is 20.4. The van der Waals surface area contributed by atoms with Crippen molar-refractivity contribution in [1.82, 2.24) is 14.2 Å². The van der Waals surface area contributed by atoms with E-state index in [1.54, 1.807) is 0 Å². The van der Waals surface area contributed by atoms with E-state index in [2.05, 4.69) is 4.98 Å². The van der Waals surface area contributed by atoms with E-state index in [0.29, 0.717) is 0 Å². The third-order valence-corrected chi connectivity index (χ3v) is 8.88. The number of hydrogen-bond acceptors (Lipinski definition) is 9. The Morgan fingerprint density at radius 3 is 2.71 bits per heavy atom. The summed E-state index contributed by atoms with van der Waals surface area (Å²) in [5.41, 5.74) is -0.597. The first-order valence-electron chi connectivity index (χ1n) is 11.2. The summed E-state index contributed by atoms with van der Waals surface area (Å²) in [5, 5.41) is 19.9. The van der Waals surface area contributed by atoms with Gasteiger partial charge in [-0.25, -0.2) is 13.5 Å². The number of nitrogens with two attached hydrogens (primary N) is 1. The summed E-state index contributed by atoms with van der Waals surface area (Å²) in [6, 6.07) is 2.96. The highest BCUT2D eigenvalue weighted by Gasteiger charge is 2.88. The van der Waals surface area contributed by atoms with Crippen LogP contribution in [0, 0.1) is 11.3 Å². The van der Waals surface area contributed by atoms with Crippen molar-refractivity contribution in [3.8, 4) is 6.07 Å². The lowest BCUT2D eigenvalue weighted by molar-refractivity contribution is -0.104. The number of aromatic nitrogens is 2. The number of aliphatic hydroxyl groups is 1. The van der Waals surface area contributed by atoms with Gasteiger partial charge in [0.1, 0.15) is 23.0 Å². The van der Waals surface area contributed by atoms with Gasteiger partial charge in [-0.3, -0.25) is 9.36 Å². The van der Waals surface area contributed by atoms with Crippen molar-refractivity contribution in [2.45, 2.75) is 94.4 Å². The number of nitrogen functional groups attached to an aromatic ring is 1. The van der Waals surface area contributed by atoms with Gasteiger partial charge in [0.15, 0.2) is 12.4 Å². The molecule has 2 saturated carbocycles. The van der Waals surface area contributed by atoms with Gasteiger partial charge >= 0.3 is 0 Å². The Kier molecular flexibility index (Phi) is 6.51. The molecule has 0 radical (unpaired) electrons. The summed E-state index contributed by atoms with van der Waals surface area (Å²) < 4.78 is 52.9. The largest absolute Gasteiger partial charge is 0.384 e. The zero-order valence-electron chi connectivity index (χ0n) is 19.5. The van der Waals surface area contributed by atoms with Crippen LogP contribution in [0.2, 0.25) is 0 Å². The Morgan fingerprint density at radius 2 is 2.12 bits per heavy atom. The topological polar surface area (TPSA) is 136 Å². The van der Waals surface area contributed by atoms with Crippen LogP contribution in [0.25, 0.3) is 0 Å². The van der Waals surface area contributed by atoms with Crippen molar-refractivity contribution in [3.63, 3.8) is 0 Å². The lowest BCUT2D eigenvalue weighted by Gasteiger charge is -2.42. The summed E-state index contributed by atoms with van der Waals surface area (Å²) >= 11 is 0. The van der Waals surface area contributed by atoms with Gasteiger partial charge in [0, 0.05) is 37.2 Å². The highest BCUT2D eigenvalue weighted by molar-refractivity contribution is 7.44. The minimum atomic E-state index is -2.05. The van der Waals surface area contributed by atoms with E-state index in [-0.39, 0.29) is 37.5 Å². The average Bonchev–Trinajstić information content (AvgIpc) is 3.06. The first-order chi connectivity index (χ1) is 15.9. The second-order valence-corrected chi connectivity index (χ2v) is 11.1. The number of ether oxygens (including phenoxy) is 1. The molecule has 34 heavy (non-hydrogen) atoms. The quantitative estimate of drug-likeness (QED) is 0.386. The number of halogens is 2. The average molecular weight is 501 g/mol. The molecule has 188 valence electrons. The van der Waals surface area contributed by atoms with Gasteiger partial charge < -0.3 is 24.6 Å². The number of rotatable bonds is 9. The van der Waals surface area contributed by atoms with Gasteiger partial charge in [-0.05, 0) is 27.7 Å². The van der Waals surface area contributed by atoms with Gasteiger partial charge in [-0.1, -0.05) is 0 Å². The maximum atomic E-state index is 16.3. The van der Waals surface area contributed by atoms with Crippen molar-refractivity contribution in [3.05, 3.63) is 22.6 Å². The molecular formula is C21H30F2N5O5P. The molecule has 0 aromatic carbocycles. The maximum absolute atomic E-state index is 16.3. The number of anilines is 1. The van der Waals surface area contributed by atoms with Crippen molar-refractivity contribution in [2.75, 3.05) is 12.3 Å². The molecule has 1 aromatic heterocycles. The molecule has 1 aromatic rings. The lowest BCUT2D eigenvalue weighted by atomic mass is 9.90. The third-order valence-electron chi connectivity index (χ3n) is 6.68. The SMILES string of the molecule is CC(C)N(C(C)C)P(OCCC#N)O[C@]12C[C@]3(F)C[C@]3(O)[C@H]1O[C@@H](n1ccc(=O)nc1N)[C@H]2F. The molecule has 1 aliphatic heterocycles. The van der Waals surface area contributed by atoms with Crippen molar-refractivity contribution >= 4 is 14.5 Å². The molecule has 1 unspecified atom stereocenters. The van der Waals surface area contributed by atoms with E-state index < -0.39 is 55.9 Å². The Bertz CT molecular complexity index is 1030. The first-order valence-corrected chi connectivity index (χ1v) is 12.4. The molecule has 13 heteroatoms. The van der Waals surface area contributed by atoms with Gasteiger partial charge in [-0.2, -0.15) is 10.2 Å². The van der Waals surface area contributed by atoms with E-state index in [9.17, 15) is 9.90 Å².